The van der Waals surface area contributed by atoms with Gasteiger partial charge in [-0.05, 0) is 55.7 Å². The summed E-state index contributed by atoms with van der Waals surface area (Å²) < 4.78 is 45.7. The summed E-state index contributed by atoms with van der Waals surface area (Å²) in [4.78, 5) is 15.8. The van der Waals surface area contributed by atoms with E-state index in [1.54, 1.807) is 23.9 Å². The average molecular weight is 541 g/mol. The molecule has 2 bridgehead atoms. The topological polar surface area (TPSA) is 61.8 Å². The monoisotopic (exact) mass is 540 g/mol. The van der Waals surface area contributed by atoms with Crippen molar-refractivity contribution < 1.29 is 27.8 Å². The van der Waals surface area contributed by atoms with Crippen LogP contribution in [0.4, 0.5) is 18.9 Å². The molecular weight excluding hydrogens is 513 g/mol. The molecule has 5 rings (SSSR count). The van der Waals surface area contributed by atoms with Crippen molar-refractivity contribution in [3.05, 3.63) is 58.4 Å². The van der Waals surface area contributed by atoms with Crippen molar-refractivity contribution in [2.45, 2.75) is 41.4 Å². The molecule has 2 saturated carbocycles. The predicted molar refractivity (Wildman–Crippen MR) is 133 cm³/mol. The van der Waals surface area contributed by atoms with Gasteiger partial charge in [0.15, 0.2) is 17.5 Å². The third-order valence-electron chi connectivity index (χ3n) is 7.68. The van der Waals surface area contributed by atoms with Gasteiger partial charge in [-0.2, -0.15) is 0 Å². The highest BCUT2D eigenvalue weighted by Gasteiger charge is 2.53. The molecule has 0 aromatic heterocycles. The summed E-state index contributed by atoms with van der Waals surface area (Å²) in [5.41, 5.74) is -0.585. The number of ether oxygens (including phenoxy) is 1. The van der Waals surface area contributed by atoms with Crippen LogP contribution in [0.5, 0.6) is 0 Å². The zero-order valence-electron chi connectivity index (χ0n) is 19.6. The van der Waals surface area contributed by atoms with E-state index < -0.39 is 29.0 Å². The summed E-state index contributed by atoms with van der Waals surface area (Å²) >= 11 is 8.06. The van der Waals surface area contributed by atoms with Crippen molar-refractivity contribution >= 4 is 35.0 Å². The molecule has 0 spiro atoms. The molecule has 1 saturated heterocycles. The molecule has 0 radical (unpaired) electrons. The Balaban J connectivity index is 1.25. The molecule has 1 unspecified atom stereocenters. The van der Waals surface area contributed by atoms with Crippen molar-refractivity contribution in [2.75, 3.05) is 38.2 Å². The van der Waals surface area contributed by atoms with Crippen LogP contribution in [0.25, 0.3) is 0 Å². The molecule has 1 amide bonds. The van der Waals surface area contributed by atoms with Gasteiger partial charge in [-0.15, -0.1) is 11.8 Å². The van der Waals surface area contributed by atoms with Crippen LogP contribution >= 0.6 is 23.4 Å². The van der Waals surface area contributed by atoms with Crippen LogP contribution in [0, 0.1) is 29.3 Å². The molecule has 2 aromatic rings. The third kappa shape index (κ3) is 5.27. The van der Waals surface area contributed by atoms with Crippen molar-refractivity contribution in [2.24, 2.45) is 11.8 Å². The molecule has 3 aliphatic rings. The van der Waals surface area contributed by atoms with E-state index in [9.17, 15) is 23.1 Å². The first-order chi connectivity index (χ1) is 17.2. The number of β-amino-alcohol motifs (C(OH)–C–C–N with tert-alkyl or cyclic N) is 1. The number of fused-ring (bicyclic) bond motifs is 2. The Bertz CT molecular complexity index is 1110. The Morgan fingerprint density at radius 3 is 2.39 bits per heavy atom. The number of benzene rings is 2. The van der Waals surface area contributed by atoms with Gasteiger partial charge in [0.05, 0.1) is 23.8 Å². The fourth-order valence-corrected chi connectivity index (χ4v) is 7.47. The Kier molecular flexibility index (Phi) is 7.56. The summed E-state index contributed by atoms with van der Waals surface area (Å²) in [5, 5.41) is 14.8. The van der Waals surface area contributed by atoms with E-state index in [0.29, 0.717) is 24.8 Å². The maximum atomic E-state index is 13.5. The molecule has 194 valence electrons. The van der Waals surface area contributed by atoms with Crippen LogP contribution in [-0.2, 0) is 4.74 Å². The van der Waals surface area contributed by atoms with E-state index in [-0.39, 0.29) is 28.3 Å². The van der Waals surface area contributed by atoms with Gasteiger partial charge in [0, 0.05) is 53.2 Å². The predicted octanol–water partition coefficient (Wildman–Crippen LogP) is 5.35. The summed E-state index contributed by atoms with van der Waals surface area (Å²) in [6.07, 6.45) is 3.73. The number of carbonyl (C=O) groups excluding carboxylic acids is 1. The van der Waals surface area contributed by atoms with E-state index in [2.05, 4.69) is 10.2 Å². The number of amides is 1. The highest BCUT2D eigenvalue weighted by molar-refractivity contribution is 8.00. The highest BCUT2D eigenvalue weighted by atomic mass is 35.5. The Morgan fingerprint density at radius 1 is 1.11 bits per heavy atom. The molecule has 2 aliphatic carbocycles. The van der Waals surface area contributed by atoms with Crippen LogP contribution in [0.15, 0.2) is 35.2 Å². The minimum absolute atomic E-state index is 0.177. The second kappa shape index (κ2) is 10.5. The minimum atomic E-state index is -1.59. The van der Waals surface area contributed by atoms with Gasteiger partial charge in [-0.3, -0.25) is 9.69 Å². The third-order valence-corrected chi connectivity index (χ3v) is 9.43. The fraction of sp³-hybridized carbons (Fsp3) is 0.500. The molecule has 36 heavy (non-hydrogen) atoms. The lowest BCUT2D eigenvalue weighted by Gasteiger charge is -2.45. The van der Waals surface area contributed by atoms with E-state index in [1.807, 2.05) is 0 Å². The zero-order valence-corrected chi connectivity index (χ0v) is 21.2. The average Bonchev–Trinajstić information content (AvgIpc) is 3.00. The van der Waals surface area contributed by atoms with Gasteiger partial charge in [0.25, 0.3) is 5.91 Å². The summed E-state index contributed by atoms with van der Waals surface area (Å²) in [5.74, 6) is -4.49. The minimum Gasteiger partial charge on any atom is -0.388 e. The van der Waals surface area contributed by atoms with Crippen molar-refractivity contribution in [3.63, 3.8) is 0 Å². The standard InChI is InChI=1S/C26H28ClF3N2O3S/c27-20-4-1-15(25(33)31-18-12-21(28)24(30)22(29)13-18)9-23(20)36-19-10-16-2-3-17(11-19)26(16,34)14-32-5-7-35-8-6-32/h1,4,9,12-13,16-17,19,34H,2-3,5-8,10-11,14H2,(H,31,33)/t16-,17?,19-,26-/m0/s1. The molecule has 1 heterocycles. The number of anilines is 1. The fourth-order valence-electron chi connectivity index (χ4n) is 5.83. The molecule has 2 N–H and O–H groups in total. The van der Waals surface area contributed by atoms with Gasteiger partial charge < -0.3 is 15.2 Å². The van der Waals surface area contributed by atoms with Crippen LogP contribution in [0.2, 0.25) is 5.02 Å². The molecule has 4 atom stereocenters. The van der Waals surface area contributed by atoms with Crippen LogP contribution < -0.4 is 5.32 Å². The molecule has 10 heteroatoms. The molecular formula is C26H28ClF3N2O3S. The summed E-state index contributed by atoms with van der Waals surface area (Å²) in [7, 11) is 0. The summed E-state index contributed by atoms with van der Waals surface area (Å²) in [6.45, 7) is 3.79. The first-order valence-corrected chi connectivity index (χ1v) is 13.4. The second-order valence-corrected chi connectivity index (χ2v) is 11.7. The number of hydrogen-bond acceptors (Lipinski definition) is 5. The Hall–Kier alpha value is -1.78. The second-order valence-electron chi connectivity index (χ2n) is 9.92. The Morgan fingerprint density at radius 2 is 1.75 bits per heavy atom. The largest absolute Gasteiger partial charge is 0.388 e. The summed E-state index contributed by atoms with van der Waals surface area (Å²) in [6, 6.07) is 6.28. The lowest BCUT2D eigenvalue weighted by Crippen LogP contribution is -2.55. The smallest absolute Gasteiger partial charge is 0.255 e. The number of carbonyl (C=O) groups is 1. The number of hydrogen-bond donors (Lipinski definition) is 2. The van der Waals surface area contributed by atoms with E-state index >= 15 is 0 Å². The highest BCUT2D eigenvalue weighted by Crippen LogP contribution is 2.54. The van der Waals surface area contributed by atoms with Gasteiger partial charge in [-0.1, -0.05) is 11.6 Å². The van der Waals surface area contributed by atoms with Gasteiger partial charge in [0.1, 0.15) is 0 Å². The molecule has 1 aliphatic heterocycles. The van der Waals surface area contributed by atoms with Crippen LogP contribution in [0.1, 0.15) is 36.0 Å². The maximum absolute atomic E-state index is 13.5. The van der Waals surface area contributed by atoms with Gasteiger partial charge in [-0.25, -0.2) is 13.2 Å². The van der Waals surface area contributed by atoms with E-state index in [0.717, 1.165) is 55.8 Å². The normalized spacial score (nSPS) is 28.3. The number of halogens is 4. The lowest BCUT2D eigenvalue weighted by molar-refractivity contribution is -0.0932. The van der Waals surface area contributed by atoms with E-state index in [1.165, 1.54) is 6.07 Å². The zero-order chi connectivity index (χ0) is 25.4. The lowest BCUT2D eigenvalue weighted by atomic mass is 9.74. The van der Waals surface area contributed by atoms with Gasteiger partial charge >= 0.3 is 0 Å². The Labute approximate surface area is 217 Å². The number of morpholine rings is 1. The van der Waals surface area contributed by atoms with Crippen molar-refractivity contribution in [3.8, 4) is 0 Å². The first kappa shape index (κ1) is 25.9. The number of aliphatic hydroxyl groups is 1. The number of thioether (sulfide) groups is 1. The molecule has 3 fully saturated rings. The molecule has 2 aromatic carbocycles. The van der Waals surface area contributed by atoms with E-state index in [4.69, 9.17) is 16.3 Å². The number of nitrogens with one attached hydrogen (secondary N) is 1. The number of rotatable bonds is 6. The first-order valence-electron chi connectivity index (χ1n) is 12.2. The van der Waals surface area contributed by atoms with Crippen molar-refractivity contribution in [1.82, 2.24) is 4.90 Å². The SMILES string of the molecule is O=C(Nc1cc(F)c(F)c(F)c1)c1ccc(Cl)c(S[C@@H]2CC3CC[C@@H](C2)[C@@]3(O)CN2CCOCC2)c1. The number of nitrogens with zero attached hydrogens (tertiary/aromatic N) is 1. The maximum Gasteiger partial charge on any atom is 0.255 e. The molecule has 5 nitrogen and oxygen atoms in total. The van der Waals surface area contributed by atoms with Crippen LogP contribution in [0.3, 0.4) is 0 Å². The van der Waals surface area contributed by atoms with Crippen molar-refractivity contribution in [1.29, 1.82) is 0 Å². The van der Waals surface area contributed by atoms with Gasteiger partial charge in [0.2, 0.25) is 0 Å². The van der Waals surface area contributed by atoms with Crippen LogP contribution in [-0.4, -0.2) is 59.6 Å². The quantitative estimate of drug-likeness (QED) is 0.483.